The molecule has 90 valence electrons. The van der Waals surface area contributed by atoms with Crippen molar-refractivity contribution < 1.29 is 0 Å². The molecule has 3 rings (SSSR count). The lowest BCUT2D eigenvalue weighted by atomic mass is 10.4. The molecule has 0 aromatic carbocycles. The molecule has 5 heteroatoms. The van der Waals surface area contributed by atoms with E-state index in [2.05, 4.69) is 34.6 Å². The summed E-state index contributed by atoms with van der Waals surface area (Å²) in [6.07, 6.45) is 3.68. The molecule has 1 fully saturated rings. The monoisotopic (exact) mass is 265 g/mol. The maximum Gasteiger partial charge on any atom is 0.157 e. The van der Waals surface area contributed by atoms with E-state index < -0.39 is 0 Å². The van der Waals surface area contributed by atoms with E-state index in [0.29, 0.717) is 0 Å². The smallest absolute Gasteiger partial charge is 0.157 e. The summed E-state index contributed by atoms with van der Waals surface area (Å²) in [7, 11) is 0. The molecule has 2 aromatic heterocycles. The molecular formula is C12H15N3S2. The number of nitrogens with zero attached hydrogens (tertiary/aromatic N) is 2. The highest BCUT2D eigenvalue weighted by molar-refractivity contribution is 7.21. The van der Waals surface area contributed by atoms with Gasteiger partial charge in [0.1, 0.15) is 5.01 Å². The zero-order valence-corrected chi connectivity index (χ0v) is 11.4. The Hall–Kier alpha value is -0.780. The van der Waals surface area contributed by atoms with E-state index in [0.717, 1.165) is 29.0 Å². The SMILES string of the molecule is Cc1ccc(-c2nnc(CCNC3CC3)s2)s1. The zero-order valence-electron chi connectivity index (χ0n) is 9.77. The fourth-order valence-corrected chi connectivity index (χ4v) is 3.43. The lowest BCUT2D eigenvalue weighted by Gasteiger charge is -1.97. The fraction of sp³-hybridized carbons (Fsp3) is 0.500. The Kier molecular flexibility index (Phi) is 3.22. The molecule has 0 saturated heterocycles. The van der Waals surface area contributed by atoms with E-state index in [1.807, 2.05) is 0 Å². The summed E-state index contributed by atoms with van der Waals surface area (Å²) in [4.78, 5) is 2.56. The van der Waals surface area contributed by atoms with Gasteiger partial charge in [0.25, 0.3) is 0 Å². The van der Waals surface area contributed by atoms with Crippen LogP contribution in [0.15, 0.2) is 12.1 Å². The standard InChI is InChI=1S/C12H15N3S2/c1-8-2-5-10(16-8)12-15-14-11(17-12)6-7-13-9-3-4-9/h2,5,9,13H,3-4,6-7H2,1H3. The van der Waals surface area contributed by atoms with Crippen LogP contribution in [0.1, 0.15) is 22.7 Å². The van der Waals surface area contributed by atoms with Crippen LogP contribution in [-0.2, 0) is 6.42 Å². The van der Waals surface area contributed by atoms with Gasteiger partial charge in [0.2, 0.25) is 0 Å². The number of thiophene rings is 1. The second kappa shape index (κ2) is 4.84. The summed E-state index contributed by atoms with van der Waals surface area (Å²) in [5.74, 6) is 0. The van der Waals surface area contributed by atoms with Crippen LogP contribution in [0.2, 0.25) is 0 Å². The second-order valence-electron chi connectivity index (χ2n) is 4.39. The minimum Gasteiger partial charge on any atom is -0.314 e. The molecule has 0 bridgehead atoms. The molecule has 0 amide bonds. The Labute approximate surface area is 109 Å². The lowest BCUT2D eigenvalue weighted by Crippen LogP contribution is -2.19. The summed E-state index contributed by atoms with van der Waals surface area (Å²) in [6, 6.07) is 5.05. The minimum absolute atomic E-state index is 0.780. The molecule has 1 saturated carbocycles. The maximum atomic E-state index is 4.26. The third-order valence-electron chi connectivity index (χ3n) is 2.77. The second-order valence-corrected chi connectivity index (χ2v) is 6.74. The predicted octanol–water partition coefficient (Wildman–Crippen LogP) is 2.87. The number of hydrogen-bond donors (Lipinski definition) is 1. The molecule has 2 heterocycles. The molecule has 0 unspecified atom stereocenters. The molecule has 1 aliphatic rings. The van der Waals surface area contributed by atoms with Gasteiger partial charge in [0.15, 0.2) is 5.01 Å². The zero-order chi connectivity index (χ0) is 11.7. The highest BCUT2D eigenvalue weighted by atomic mass is 32.1. The first-order chi connectivity index (χ1) is 8.31. The molecule has 0 radical (unpaired) electrons. The van der Waals surface area contributed by atoms with E-state index >= 15 is 0 Å². The number of rotatable bonds is 5. The van der Waals surface area contributed by atoms with Crippen LogP contribution in [0.25, 0.3) is 9.88 Å². The van der Waals surface area contributed by atoms with E-state index in [9.17, 15) is 0 Å². The maximum absolute atomic E-state index is 4.26. The highest BCUT2D eigenvalue weighted by Crippen LogP contribution is 2.30. The van der Waals surface area contributed by atoms with Crippen LogP contribution in [0.3, 0.4) is 0 Å². The van der Waals surface area contributed by atoms with Crippen molar-refractivity contribution in [1.82, 2.24) is 15.5 Å². The van der Waals surface area contributed by atoms with Crippen molar-refractivity contribution in [2.24, 2.45) is 0 Å². The third kappa shape index (κ3) is 2.91. The lowest BCUT2D eigenvalue weighted by molar-refractivity contribution is 0.677. The van der Waals surface area contributed by atoms with Crippen LogP contribution in [0.4, 0.5) is 0 Å². The quantitative estimate of drug-likeness (QED) is 0.903. The van der Waals surface area contributed by atoms with E-state index in [-0.39, 0.29) is 0 Å². The van der Waals surface area contributed by atoms with Crippen LogP contribution < -0.4 is 5.32 Å². The molecule has 1 aliphatic carbocycles. The summed E-state index contributed by atoms with van der Waals surface area (Å²) in [6.45, 7) is 3.15. The van der Waals surface area contributed by atoms with Crippen molar-refractivity contribution in [2.45, 2.75) is 32.2 Å². The van der Waals surface area contributed by atoms with Gasteiger partial charge in [0.05, 0.1) is 4.88 Å². The summed E-state index contributed by atoms with van der Waals surface area (Å²) in [5.41, 5.74) is 0. The van der Waals surface area contributed by atoms with Crippen molar-refractivity contribution in [3.05, 3.63) is 22.0 Å². The van der Waals surface area contributed by atoms with Gasteiger partial charge in [-0.2, -0.15) is 0 Å². The van der Waals surface area contributed by atoms with Gasteiger partial charge in [-0.05, 0) is 31.9 Å². The first kappa shape index (κ1) is 11.3. The van der Waals surface area contributed by atoms with Crippen LogP contribution in [0.5, 0.6) is 0 Å². The average molecular weight is 265 g/mol. The number of aryl methyl sites for hydroxylation is 1. The van der Waals surface area contributed by atoms with E-state index in [1.54, 1.807) is 22.7 Å². The van der Waals surface area contributed by atoms with Gasteiger partial charge in [-0.1, -0.05) is 11.3 Å². The van der Waals surface area contributed by atoms with Gasteiger partial charge in [0, 0.05) is 23.9 Å². The Morgan fingerprint density at radius 2 is 2.18 bits per heavy atom. The van der Waals surface area contributed by atoms with Crippen molar-refractivity contribution in [1.29, 1.82) is 0 Å². The van der Waals surface area contributed by atoms with Gasteiger partial charge in [-0.15, -0.1) is 21.5 Å². The number of aromatic nitrogens is 2. The Balaban J connectivity index is 1.61. The minimum atomic E-state index is 0.780. The first-order valence-electron chi connectivity index (χ1n) is 5.94. The fourth-order valence-electron chi connectivity index (χ4n) is 1.67. The Bertz CT molecular complexity index is 499. The highest BCUT2D eigenvalue weighted by Gasteiger charge is 2.19. The molecule has 17 heavy (non-hydrogen) atoms. The van der Waals surface area contributed by atoms with Crippen molar-refractivity contribution in [3.8, 4) is 9.88 Å². The normalized spacial score (nSPS) is 15.4. The Morgan fingerprint density at radius 3 is 2.88 bits per heavy atom. The van der Waals surface area contributed by atoms with E-state index in [4.69, 9.17) is 0 Å². The molecule has 2 aromatic rings. The van der Waals surface area contributed by atoms with Crippen LogP contribution in [0, 0.1) is 6.92 Å². The van der Waals surface area contributed by atoms with Gasteiger partial charge in [-0.25, -0.2) is 0 Å². The predicted molar refractivity (Wildman–Crippen MR) is 72.7 cm³/mol. The molecule has 0 atom stereocenters. The number of nitrogens with one attached hydrogen (secondary N) is 1. The topological polar surface area (TPSA) is 37.8 Å². The average Bonchev–Trinajstić information content (AvgIpc) is 2.85. The van der Waals surface area contributed by atoms with Crippen LogP contribution in [-0.4, -0.2) is 22.8 Å². The van der Waals surface area contributed by atoms with Crippen molar-refractivity contribution >= 4 is 22.7 Å². The van der Waals surface area contributed by atoms with Gasteiger partial charge >= 0.3 is 0 Å². The molecule has 3 nitrogen and oxygen atoms in total. The summed E-state index contributed by atoms with van der Waals surface area (Å²) < 4.78 is 0. The first-order valence-corrected chi connectivity index (χ1v) is 7.57. The molecular weight excluding hydrogens is 250 g/mol. The largest absolute Gasteiger partial charge is 0.314 e. The molecule has 0 aliphatic heterocycles. The summed E-state index contributed by atoms with van der Waals surface area (Å²) in [5, 5.41) is 14.2. The molecule has 1 N–H and O–H groups in total. The third-order valence-corrected chi connectivity index (χ3v) is 4.92. The van der Waals surface area contributed by atoms with E-state index in [1.165, 1.54) is 22.6 Å². The van der Waals surface area contributed by atoms with Crippen molar-refractivity contribution in [3.63, 3.8) is 0 Å². The van der Waals surface area contributed by atoms with Gasteiger partial charge in [-0.3, -0.25) is 0 Å². The van der Waals surface area contributed by atoms with Crippen molar-refractivity contribution in [2.75, 3.05) is 6.54 Å². The summed E-state index contributed by atoms with van der Waals surface area (Å²) >= 11 is 3.50. The van der Waals surface area contributed by atoms with Gasteiger partial charge < -0.3 is 5.32 Å². The van der Waals surface area contributed by atoms with Crippen LogP contribution >= 0.6 is 22.7 Å². The number of hydrogen-bond acceptors (Lipinski definition) is 5. The molecule has 0 spiro atoms. The Morgan fingerprint density at radius 1 is 1.29 bits per heavy atom.